The van der Waals surface area contributed by atoms with Crippen LogP contribution in [0.5, 0.6) is 0 Å². The minimum Gasteiger partial charge on any atom is -0.343 e. The average molecular weight is 354 g/mol. The number of rotatable bonds is 3. The largest absolute Gasteiger partial charge is 0.343 e. The Morgan fingerprint density at radius 3 is 3.00 bits per heavy atom. The van der Waals surface area contributed by atoms with Crippen molar-refractivity contribution in [2.75, 3.05) is 0 Å². The number of hydrogen-bond acceptors (Lipinski definition) is 5. The first kappa shape index (κ1) is 16.0. The first-order chi connectivity index (χ1) is 12.1. The first-order valence-corrected chi connectivity index (χ1v) is 9.21. The molecule has 1 atom stereocenters. The van der Waals surface area contributed by atoms with Gasteiger partial charge in [-0.15, -0.1) is 11.3 Å². The van der Waals surface area contributed by atoms with Crippen molar-refractivity contribution in [2.24, 2.45) is 0 Å². The highest BCUT2D eigenvalue weighted by molar-refractivity contribution is 7.11. The van der Waals surface area contributed by atoms with Gasteiger partial charge in [-0.1, -0.05) is 6.07 Å². The summed E-state index contributed by atoms with van der Waals surface area (Å²) in [5, 5.41) is 3.78. The van der Waals surface area contributed by atoms with Crippen LogP contribution in [-0.2, 0) is 12.8 Å². The van der Waals surface area contributed by atoms with Gasteiger partial charge >= 0.3 is 0 Å². The molecule has 3 aromatic heterocycles. The Morgan fingerprint density at radius 1 is 1.32 bits per heavy atom. The highest BCUT2D eigenvalue weighted by atomic mass is 32.1. The number of aryl methyl sites for hydroxylation is 2. The minimum atomic E-state index is -0.420. The number of thiazole rings is 1. The Hall–Kier alpha value is -2.54. The Balaban J connectivity index is 1.58. The van der Waals surface area contributed by atoms with Crippen molar-refractivity contribution in [3.05, 3.63) is 62.1 Å². The molecule has 6 nitrogen and oxygen atoms in total. The summed E-state index contributed by atoms with van der Waals surface area (Å²) in [6.07, 6.45) is 7.42. The summed E-state index contributed by atoms with van der Waals surface area (Å²) in [7, 11) is 0. The number of amides is 1. The van der Waals surface area contributed by atoms with E-state index < -0.39 is 5.91 Å². The fraction of sp³-hybridized carbons (Fsp3) is 0.333. The molecule has 128 valence electrons. The number of carbonyl (C=O) groups excluding carboxylic acids is 1. The van der Waals surface area contributed by atoms with Gasteiger partial charge in [0.1, 0.15) is 16.2 Å². The van der Waals surface area contributed by atoms with Crippen LogP contribution in [0.15, 0.2) is 35.4 Å². The third kappa shape index (κ3) is 2.95. The second kappa shape index (κ2) is 6.40. The van der Waals surface area contributed by atoms with Gasteiger partial charge in [-0.05, 0) is 44.7 Å². The van der Waals surface area contributed by atoms with Crippen molar-refractivity contribution in [1.82, 2.24) is 19.7 Å². The van der Waals surface area contributed by atoms with Crippen LogP contribution in [0, 0.1) is 0 Å². The standard InChI is InChI=1S/C18H18N4O2S/c1-11(17-21-13-6-2-3-7-14(13)25-17)20-16(23)12-10-19-15-8-4-5-9-22(15)18(12)24/h4-5,8-11H,2-3,6-7H2,1H3,(H,20,23). The molecule has 0 aliphatic heterocycles. The van der Waals surface area contributed by atoms with Crippen LogP contribution < -0.4 is 10.9 Å². The Labute approximate surface area is 148 Å². The molecule has 1 amide bonds. The van der Waals surface area contributed by atoms with E-state index in [0.717, 1.165) is 17.8 Å². The van der Waals surface area contributed by atoms with Gasteiger partial charge in [0.15, 0.2) is 0 Å². The predicted molar refractivity (Wildman–Crippen MR) is 96.1 cm³/mol. The molecular weight excluding hydrogens is 336 g/mol. The Kier molecular flexibility index (Phi) is 4.09. The quantitative estimate of drug-likeness (QED) is 0.784. The number of carbonyl (C=O) groups is 1. The van der Waals surface area contributed by atoms with E-state index >= 15 is 0 Å². The molecule has 0 spiro atoms. The maximum Gasteiger partial charge on any atom is 0.270 e. The average Bonchev–Trinajstić information content (AvgIpc) is 3.06. The zero-order chi connectivity index (χ0) is 17.4. The molecule has 0 radical (unpaired) electrons. The molecule has 0 bridgehead atoms. The number of pyridine rings is 1. The zero-order valence-corrected chi connectivity index (χ0v) is 14.7. The van der Waals surface area contributed by atoms with E-state index in [9.17, 15) is 9.59 Å². The number of aromatic nitrogens is 3. The number of hydrogen-bond donors (Lipinski definition) is 1. The SMILES string of the molecule is CC(NC(=O)c1cnc2ccccn2c1=O)c1nc2c(s1)CCCC2. The van der Waals surface area contributed by atoms with E-state index in [0.29, 0.717) is 5.65 Å². The van der Waals surface area contributed by atoms with Crippen molar-refractivity contribution in [3.63, 3.8) is 0 Å². The van der Waals surface area contributed by atoms with E-state index in [1.54, 1.807) is 35.7 Å². The van der Waals surface area contributed by atoms with Crippen molar-refractivity contribution >= 4 is 22.9 Å². The van der Waals surface area contributed by atoms with E-state index in [2.05, 4.69) is 15.3 Å². The Morgan fingerprint density at radius 2 is 2.16 bits per heavy atom. The smallest absolute Gasteiger partial charge is 0.270 e. The fourth-order valence-corrected chi connectivity index (χ4v) is 4.23. The lowest BCUT2D eigenvalue weighted by Gasteiger charge is -2.11. The topological polar surface area (TPSA) is 76.4 Å². The van der Waals surface area contributed by atoms with Gasteiger partial charge in [-0.25, -0.2) is 9.97 Å². The highest BCUT2D eigenvalue weighted by Gasteiger charge is 2.21. The molecule has 3 aromatic rings. The van der Waals surface area contributed by atoms with Gasteiger partial charge in [0.05, 0.1) is 11.7 Å². The number of nitrogens with zero attached hydrogens (tertiary/aromatic N) is 3. The molecular formula is C18H18N4O2S. The van der Waals surface area contributed by atoms with Crippen LogP contribution in [0.25, 0.3) is 5.65 Å². The normalized spacial score (nSPS) is 14.9. The van der Waals surface area contributed by atoms with Gasteiger partial charge in [0.25, 0.3) is 11.5 Å². The third-order valence-corrected chi connectivity index (χ3v) is 5.78. The van der Waals surface area contributed by atoms with Gasteiger partial charge in [0.2, 0.25) is 0 Å². The van der Waals surface area contributed by atoms with Crippen molar-refractivity contribution in [1.29, 1.82) is 0 Å². The van der Waals surface area contributed by atoms with Gasteiger partial charge in [-0.2, -0.15) is 0 Å². The van der Waals surface area contributed by atoms with Crippen LogP contribution in [0.3, 0.4) is 0 Å². The molecule has 0 aromatic carbocycles. The second-order valence-electron chi connectivity index (χ2n) is 6.23. The van der Waals surface area contributed by atoms with Crippen LogP contribution in [-0.4, -0.2) is 20.3 Å². The number of fused-ring (bicyclic) bond motifs is 2. The highest BCUT2D eigenvalue weighted by Crippen LogP contribution is 2.29. The molecule has 1 unspecified atom stereocenters. The number of nitrogens with one attached hydrogen (secondary N) is 1. The summed E-state index contributed by atoms with van der Waals surface area (Å²) >= 11 is 1.66. The van der Waals surface area contributed by atoms with Crippen molar-refractivity contribution in [3.8, 4) is 0 Å². The fourth-order valence-electron chi connectivity index (χ4n) is 3.08. The summed E-state index contributed by atoms with van der Waals surface area (Å²) in [6, 6.07) is 5.03. The van der Waals surface area contributed by atoms with Crippen LogP contribution >= 0.6 is 11.3 Å². The lowest BCUT2D eigenvalue weighted by Crippen LogP contribution is -2.33. The summed E-state index contributed by atoms with van der Waals surface area (Å²) in [4.78, 5) is 35.2. The lowest BCUT2D eigenvalue weighted by molar-refractivity contribution is 0.0937. The van der Waals surface area contributed by atoms with E-state index in [-0.39, 0.29) is 17.2 Å². The summed E-state index contributed by atoms with van der Waals surface area (Å²) in [6.45, 7) is 1.90. The van der Waals surface area contributed by atoms with Crippen LogP contribution in [0.2, 0.25) is 0 Å². The molecule has 0 saturated carbocycles. The minimum absolute atomic E-state index is 0.0388. The van der Waals surface area contributed by atoms with Gasteiger partial charge in [-0.3, -0.25) is 14.0 Å². The molecule has 1 aliphatic carbocycles. The molecule has 0 saturated heterocycles. The van der Waals surface area contributed by atoms with E-state index in [1.807, 2.05) is 6.92 Å². The monoisotopic (exact) mass is 354 g/mol. The molecule has 3 heterocycles. The third-order valence-electron chi connectivity index (χ3n) is 4.44. The molecule has 4 rings (SSSR count). The first-order valence-electron chi connectivity index (χ1n) is 8.39. The van der Waals surface area contributed by atoms with E-state index in [4.69, 9.17) is 0 Å². The van der Waals surface area contributed by atoms with E-state index in [1.165, 1.54) is 34.0 Å². The van der Waals surface area contributed by atoms with Gasteiger partial charge < -0.3 is 5.32 Å². The zero-order valence-electron chi connectivity index (χ0n) is 13.9. The molecule has 7 heteroatoms. The van der Waals surface area contributed by atoms with Crippen molar-refractivity contribution in [2.45, 2.75) is 38.6 Å². The molecule has 1 N–H and O–H groups in total. The maximum atomic E-state index is 12.5. The summed E-state index contributed by atoms with van der Waals surface area (Å²) < 4.78 is 1.38. The second-order valence-corrected chi connectivity index (χ2v) is 7.35. The predicted octanol–water partition coefficient (Wildman–Crippen LogP) is 2.52. The molecule has 25 heavy (non-hydrogen) atoms. The lowest BCUT2D eigenvalue weighted by atomic mass is 10.0. The van der Waals surface area contributed by atoms with Crippen LogP contribution in [0.1, 0.15) is 51.7 Å². The Bertz CT molecular complexity index is 984. The van der Waals surface area contributed by atoms with Crippen molar-refractivity contribution < 1.29 is 4.79 Å². The maximum absolute atomic E-state index is 12.5. The summed E-state index contributed by atoms with van der Waals surface area (Å²) in [5.74, 6) is -0.420. The summed E-state index contributed by atoms with van der Waals surface area (Å²) in [5.41, 5.74) is 1.36. The molecule has 0 fully saturated rings. The molecule has 1 aliphatic rings. The van der Waals surface area contributed by atoms with Crippen LogP contribution in [0.4, 0.5) is 0 Å². The van der Waals surface area contributed by atoms with Gasteiger partial charge in [0, 0.05) is 17.3 Å².